The van der Waals surface area contributed by atoms with E-state index in [1.807, 2.05) is 41.0 Å². The molecular formula is C26H31FN4O2. The quantitative estimate of drug-likeness (QED) is 0.601. The van der Waals surface area contributed by atoms with Gasteiger partial charge in [0.15, 0.2) is 0 Å². The van der Waals surface area contributed by atoms with Gasteiger partial charge in [-0.3, -0.25) is 14.3 Å². The fourth-order valence-electron chi connectivity index (χ4n) is 5.72. The second-order valence-electron chi connectivity index (χ2n) is 9.60. The number of nitrogens with one attached hydrogen (secondary N) is 2. The molecule has 2 heterocycles. The van der Waals surface area contributed by atoms with Gasteiger partial charge in [-0.25, -0.2) is 9.18 Å². The fourth-order valence-corrected chi connectivity index (χ4v) is 5.72. The van der Waals surface area contributed by atoms with E-state index in [0.717, 1.165) is 68.2 Å². The van der Waals surface area contributed by atoms with Crippen molar-refractivity contribution in [1.29, 1.82) is 0 Å². The lowest BCUT2D eigenvalue weighted by atomic mass is 9.79. The lowest BCUT2D eigenvalue weighted by Crippen LogP contribution is -2.45. The fraction of sp³-hybridized carbons (Fsp3) is 0.462. The molecule has 1 aromatic heterocycles. The van der Waals surface area contributed by atoms with Gasteiger partial charge in [0.2, 0.25) is 5.91 Å². The lowest BCUT2D eigenvalue weighted by Gasteiger charge is -2.33. The molecule has 1 aliphatic heterocycles. The molecule has 174 valence electrons. The van der Waals surface area contributed by atoms with Crippen LogP contribution in [0.1, 0.15) is 50.1 Å². The molecule has 0 spiro atoms. The Hall–Kier alpha value is -2.93. The summed E-state index contributed by atoms with van der Waals surface area (Å²) < 4.78 is 15.3. The van der Waals surface area contributed by atoms with E-state index >= 15 is 0 Å². The average molecular weight is 451 g/mol. The number of piperidine rings is 1. The predicted molar refractivity (Wildman–Crippen MR) is 127 cm³/mol. The first kappa shape index (κ1) is 21.9. The normalized spacial score (nSPS) is 19.2. The minimum atomic E-state index is -0.228. The van der Waals surface area contributed by atoms with Crippen molar-refractivity contribution in [3.05, 3.63) is 70.4 Å². The number of carbonyl (C=O) groups excluding carboxylic acids is 1. The number of imidazole rings is 1. The van der Waals surface area contributed by atoms with Gasteiger partial charge in [0, 0.05) is 31.1 Å². The second-order valence-corrected chi connectivity index (χ2v) is 9.60. The van der Waals surface area contributed by atoms with Crippen LogP contribution in [0.25, 0.3) is 11.0 Å². The zero-order chi connectivity index (χ0) is 22.8. The van der Waals surface area contributed by atoms with Gasteiger partial charge < -0.3 is 10.3 Å². The van der Waals surface area contributed by atoms with Crippen molar-refractivity contribution in [3.63, 3.8) is 0 Å². The topological polar surface area (TPSA) is 70.1 Å². The Morgan fingerprint density at radius 2 is 1.76 bits per heavy atom. The summed E-state index contributed by atoms with van der Waals surface area (Å²) in [7, 11) is 0. The van der Waals surface area contributed by atoms with Gasteiger partial charge in [-0.1, -0.05) is 37.1 Å². The molecule has 1 saturated carbocycles. The molecule has 1 aliphatic carbocycles. The summed E-state index contributed by atoms with van der Waals surface area (Å²) >= 11 is 0. The highest BCUT2D eigenvalue weighted by molar-refractivity contribution is 5.78. The molecule has 0 unspecified atom stereocenters. The molecule has 0 radical (unpaired) electrons. The van der Waals surface area contributed by atoms with Crippen LogP contribution in [0.4, 0.5) is 4.39 Å². The molecule has 2 N–H and O–H groups in total. The average Bonchev–Trinajstić information content (AvgIpc) is 3.43. The van der Waals surface area contributed by atoms with E-state index in [1.165, 1.54) is 12.1 Å². The van der Waals surface area contributed by atoms with Crippen molar-refractivity contribution in [3.8, 4) is 0 Å². The van der Waals surface area contributed by atoms with Crippen molar-refractivity contribution >= 4 is 16.9 Å². The summed E-state index contributed by atoms with van der Waals surface area (Å²) in [5.41, 5.74) is 2.78. The van der Waals surface area contributed by atoms with E-state index in [1.54, 1.807) is 0 Å². The summed E-state index contributed by atoms with van der Waals surface area (Å²) in [6.45, 7) is 2.54. The standard InChI is InChI=1S/C26H31FN4O2/c27-20-9-7-19(8-10-20)26(13-3-4-14-26)18-28-24(32)17-30-15-11-21(12-16-30)31-23-6-2-1-5-22(23)29-25(31)33/h1-2,5-10,21H,3-4,11-18H2,(H,28,32)(H,29,33). The summed E-state index contributed by atoms with van der Waals surface area (Å²) in [5.74, 6) is -0.194. The van der Waals surface area contributed by atoms with Crippen LogP contribution >= 0.6 is 0 Å². The van der Waals surface area contributed by atoms with Gasteiger partial charge in [-0.05, 0) is 55.5 Å². The molecule has 7 heteroatoms. The van der Waals surface area contributed by atoms with E-state index in [-0.39, 0.29) is 28.9 Å². The number of carbonyl (C=O) groups is 1. The Morgan fingerprint density at radius 1 is 1.06 bits per heavy atom. The summed E-state index contributed by atoms with van der Waals surface area (Å²) in [6, 6.07) is 14.7. The molecule has 2 fully saturated rings. The first-order chi connectivity index (χ1) is 16.0. The van der Waals surface area contributed by atoms with Gasteiger partial charge in [0.25, 0.3) is 0 Å². The number of nitrogens with zero attached hydrogens (tertiary/aromatic N) is 2. The Labute approximate surface area is 192 Å². The Bertz CT molecular complexity index is 1170. The molecule has 1 saturated heterocycles. The summed E-state index contributed by atoms with van der Waals surface area (Å²) in [4.78, 5) is 30.4. The summed E-state index contributed by atoms with van der Waals surface area (Å²) in [5, 5.41) is 3.16. The monoisotopic (exact) mass is 450 g/mol. The molecule has 3 aromatic rings. The number of hydrogen-bond acceptors (Lipinski definition) is 3. The van der Waals surface area contributed by atoms with E-state index < -0.39 is 0 Å². The summed E-state index contributed by atoms with van der Waals surface area (Å²) in [6.07, 6.45) is 5.98. The van der Waals surface area contributed by atoms with Gasteiger partial charge in [0.05, 0.1) is 17.6 Å². The third-order valence-electron chi connectivity index (χ3n) is 7.55. The van der Waals surface area contributed by atoms with E-state index in [9.17, 15) is 14.0 Å². The molecule has 5 rings (SSSR count). The van der Waals surface area contributed by atoms with Crippen LogP contribution in [-0.4, -0.2) is 46.5 Å². The van der Waals surface area contributed by atoms with Crippen LogP contribution in [0.5, 0.6) is 0 Å². The lowest BCUT2D eigenvalue weighted by molar-refractivity contribution is -0.122. The van der Waals surface area contributed by atoms with E-state index in [2.05, 4.69) is 15.2 Å². The van der Waals surface area contributed by atoms with E-state index in [0.29, 0.717) is 13.1 Å². The number of amides is 1. The third-order valence-corrected chi connectivity index (χ3v) is 7.55. The van der Waals surface area contributed by atoms with Crippen molar-refractivity contribution in [1.82, 2.24) is 19.8 Å². The maximum atomic E-state index is 13.4. The highest BCUT2D eigenvalue weighted by Gasteiger charge is 2.36. The largest absolute Gasteiger partial charge is 0.354 e. The number of rotatable bonds is 6. The van der Waals surface area contributed by atoms with Crippen LogP contribution < -0.4 is 11.0 Å². The van der Waals surface area contributed by atoms with Crippen LogP contribution in [0.2, 0.25) is 0 Å². The van der Waals surface area contributed by atoms with Crippen molar-refractivity contribution in [2.24, 2.45) is 0 Å². The smallest absolute Gasteiger partial charge is 0.326 e. The van der Waals surface area contributed by atoms with Crippen LogP contribution in [0.15, 0.2) is 53.3 Å². The van der Waals surface area contributed by atoms with Gasteiger partial charge in [-0.15, -0.1) is 0 Å². The maximum absolute atomic E-state index is 13.4. The highest BCUT2D eigenvalue weighted by atomic mass is 19.1. The molecule has 6 nitrogen and oxygen atoms in total. The van der Waals surface area contributed by atoms with Crippen LogP contribution in [-0.2, 0) is 10.2 Å². The Kier molecular flexibility index (Phi) is 6.06. The minimum absolute atomic E-state index is 0.0334. The number of aromatic nitrogens is 2. The van der Waals surface area contributed by atoms with Crippen molar-refractivity contribution in [2.45, 2.75) is 50.0 Å². The van der Waals surface area contributed by atoms with Gasteiger partial charge in [-0.2, -0.15) is 0 Å². The number of likely N-dealkylation sites (tertiary alicyclic amines) is 1. The molecule has 2 aliphatic rings. The molecule has 0 bridgehead atoms. The van der Waals surface area contributed by atoms with E-state index in [4.69, 9.17) is 0 Å². The number of aromatic amines is 1. The molecule has 33 heavy (non-hydrogen) atoms. The van der Waals surface area contributed by atoms with Crippen LogP contribution in [0, 0.1) is 5.82 Å². The Balaban J connectivity index is 1.16. The predicted octanol–water partition coefficient (Wildman–Crippen LogP) is 3.73. The second kappa shape index (κ2) is 9.14. The van der Waals surface area contributed by atoms with Gasteiger partial charge in [0.1, 0.15) is 5.82 Å². The zero-order valence-corrected chi connectivity index (χ0v) is 18.9. The molecular weight excluding hydrogens is 419 g/mol. The SMILES string of the molecule is O=C(CN1CCC(n2c(=O)[nH]c3ccccc32)CC1)NCC1(c2ccc(F)cc2)CCCC1. The van der Waals surface area contributed by atoms with Crippen molar-refractivity contribution < 1.29 is 9.18 Å². The Morgan fingerprint density at radius 3 is 2.48 bits per heavy atom. The number of fused-ring (bicyclic) bond motifs is 1. The maximum Gasteiger partial charge on any atom is 0.326 e. The number of para-hydroxylation sites is 2. The first-order valence-corrected chi connectivity index (χ1v) is 12.0. The first-order valence-electron chi connectivity index (χ1n) is 12.0. The van der Waals surface area contributed by atoms with Crippen molar-refractivity contribution in [2.75, 3.05) is 26.2 Å². The number of H-pyrrole nitrogens is 1. The highest BCUT2D eigenvalue weighted by Crippen LogP contribution is 2.40. The number of hydrogen-bond donors (Lipinski definition) is 2. The molecule has 1 amide bonds. The molecule has 0 atom stereocenters. The van der Waals surface area contributed by atoms with Crippen LogP contribution in [0.3, 0.4) is 0 Å². The minimum Gasteiger partial charge on any atom is -0.354 e. The van der Waals surface area contributed by atoms with Gasteiger partial charge >= 0.3 is 5.69 Å². The number of benzene rings is 2. The number of halogens is 1. The third kappa shape index (κ3) is 4.47. The zero-order valence-electron chi connectivity index (χ0n) is 18.9. The molecule has 2 aromatic carbocycles.